The molecule has 3 aromatic carbocycles. The zero-order valence-electron chi connectivity index (χ0n) is 26.5. The maximum atomic E-state index is 4.57. The van der Waals surface area contributed by atoms with Crippen molar-refractivity contribution in [3.05, 3.63) is 143 Å². The number of nitrogens with zero attached hydrogens (tertiary/aromatic N) is 2. The fourth-order valence-electron chi connectivity index (χ4n) is 5.98. The fraction of sp³-hybridized carbons (Fsp3) is 0.317. The molecule has 1 saturated carbocycles. The maximum absolute atomic E-state index is 4.57. The van der Waals surface area contributed by atoms with Gasteiger partial charge in [-0.05, 0) is 59.7 Å². The van der Waals surface area contributed by atoms with Crippen LogP contribution in [0.4, 0.5) is 0 Å². The summed E-state index contributed by atoms with van der Waals surface area (Å²) >= 11 is 0. The predicted molar refractivity (Wildman–Crippen MR) is 180 cm³/mol. The molecule has 1 radical (unpaired) electrons. The molecule has 6 rings (SSSR count). The minimum Gasteiger partial charge on any atom is -0.305 e. The van der Waals surface area contributed by atoms with E-state index in [2.05, 4.69) is 117 Å². The second kappa shape index (κ2) is 16.6. The van der Waals surface area contributed by atoms with Crippen LogP contribution in [0.5, 0.6) is 0 Å². The number of aryl methyl sites for hydroxylation is 1. The first-order valence-electron chi connectivity index (χ1n) is 15.9. The summed E-state index contributed by atoms with van der Waals surface area (Å²) in [6.07, 6.45) is 12.2. The molecule has 1 atom stereocenters. The smallest absolute Gasteiger partial charge is 0.0192 e. The van der Waals surface area contributed by atoms with E-state index in [1.807, 2.05) is 36.7 Å². The average Bonchev–Trinajstić information content (AvgIpc) is 3.07. The maximum Gasteiger partial charge on any atom is 0.0192 e. The number of pyridine rings is 2. The molecule has 1 aliphatic rings. The molecule has 5 aromatic rings. The third-order valence-corrected chi connectivity index (χ3v) is 8.78. The van der Waals surface area contributed by atoms with Crippen molar-refractivity contribution >= 4 is 0 Å². The minimum absolute atomic E-state index is 0. The number of hydrogen-bond donors (Lipinski definition) is 0. The fourth-order valence-corrected chi connectivity index (χ4v) is 5.98. The van der Waals surface area contributed by atoms with Gasteiger partial charge in [0.2, 0.25) is 0 Å². The summed E-state index contributed by atoms with van der Waals surface area (Å²) in [5, 5.41) is 0. The van der Waals surface area contributed by atoms with Gasteiger partial charge in [0.15, 0.2) is 0 Å². The molecular weight excluding hydrogens is 713 g/mol. The van der Waals surface area contributed by atoms with Gasteiger partial charge in [-0.25, -0.2) is 0 Å². The van der Waals surface area contributed by atoms with Crippen molar-refractivity contribution in [1.29, 1.82) is 0 Å². The van der Waals surface area contributed by atoms with Crippen molar-refractivity contribution < 1.29 is 20.1 Å². The molecule has 2 heterocycles. The van der Waals surface area contributed by atoms with Crippen LogP contribution in [0, 0.1) is 25.0 Å². The van der Waals surface area contributed by atoms with Crippen LogP contribution in [0.15, 0.2) is 103 Å². The molecule has 0 N–H and O–H groups in total. The Hall–Kier alpha value is -3.39. The number of hydrogen-bond acceptors (Lipinski definition) is 2. The summed E-state index contributed by atoms with van der Waals surface area (Å²) in [4.78, 5) is 9.10. The Bertz CT molecular complexity index is 1570. The number of rotatable bonds is 7. The van der Waals surface area contributed by atoms with E-state index in [0.717, 1.165) is 28.4 Å². The van der Waals surface area contributed by atoms with Crippen molar-refractivity contribution in [1.82, 2.24) is 9.97 Å². The first-order valence-corrected chi connectivity index (χ1v) is 15.9. The van der Waals surface area contributed by atoms with Crippen LogP contribution in [0.2, 0.25) is 0 Å². The number of aromatic nitrogens is 2. The van der Waals surface area contributed by atoms with Crippen molar-refractivity contribution in [2.45, 2.75) is 78.1 Å². The van der Waals surface area contributed by atoms with Gasteiger partial charge in [0.05, 0.1) is 0 Å². The molecule has 1 fully saturated rings. The van der Waals surface area contributed by atoms with Crippen LogP contribution in [0.25, 0.3) is 22.5 Å². The second-order valence-corrected chi connectivity index (χ2v) is 12.3. The van der Waals surface area contributed by atoms with E-state index in [0.29, 0.717) is 11.8 Å². The topological polar surface area (TPSA) is 25.8 Å². The average molecular weight is 757 g/mol. The zero-order valence-corrected chi connectivity index (χ0v) is 28.9. The quantitative estimate of drug-likeness (QED) is 0.155. The summed E-state index contributed by atoms with van der Waals surface area (Å²) in [6, 6.07) is 38.2. The Labute approximate surface area is 278 Å². The van der Waals surface area contributed by atoms with Crippen molar-refractivity contribution in [2.24, 2.45) is 5.92 Å². The SMILES string of the molecule is CC(C)c1ccnc(-c2[c-]ccc(C(C)c3ccccc3)c2)c1.Cc1cnc(-c2[c-]cccc2)cc1CC1CCCCC1.[Ir]. The third kappa shape index (κ3) is 9.07. The normalized spacial score (nSPS) is 13.8. The Kier molecular flexibility index (Phi) is 12.7. The van der Waals surface area contributed by atoms with E-state index in [1.54, 1.807) is 0 Å². The van der Waals surface area contributed by atoms with Crippen molar-refractivity contribution in [3.8, 4) is 22.5 Å². The van der Waals surface area contributed by atoms with E-state index >= 15 is 0 Å². The molecule has 0 bridgehead atoms. The molecule has 2 aromatic heterocycles. The molecule has 1 aliphatic carbocycles. The molecule has 3 heteroatoms. The van der Waals surface area contributed by atoms with Gasteiger partial charge in [-0.3, -0.25) is 0 Å². The van der Waals surface area contributed by atoms with E-state index < -0.39 is 0 Å². The minimum atomic E-state index is 0. The van der Waals surface area contributed by atoms with Gasteiger partial charge in [0.25, 0.3) is 0 Å². The molecule has 0 saturated heterocycles. The Morgan fingerprint density at radius 1 is 0.705 bits per heavy atom. The van der Waals surface area contributed by atoms with Crippen LogP contribution in [-0.4, -0.2) is 9.97 Å². The van der Waals surface area contributed by atoms with Crippen LogP contribution in [-0.2, 0) is 26.5 Å². The molecule has 44 heavy (non-hydrogen) atoms. The first-order chi connectivity index (χ1) is 21.0. The summed E-state index contributed by atoms with van der Waals surface area (Å²) in [6.45, 7) is 8.84. The van der Waals surface area contributed by atoms with Gasteiger partial charge in [-0.1, -0.05) is 106 Å². The van der Waals surface area contributed by atoms with Gasteiger partial charge in [0, 0.05) is 32.5 Å². The summed E-state index contributed by atoms with van der Waals surface area (Å²) in [7, 11) is 0. The van der Waals surface area contributed by atoms with Crippen LogP contribution in [0.3, 0.4) is 0 Å². The van der Waals surface area contributed by atoms with Crippen molar-refractivity contribution in [3.63, 3.8) is 0 Å². The van der Waals surface area contributed by atoms with Gasteiger partial charge >= 0.3 is 0 Å². The monoisotopic (exact) mass is 757 g/mol. The molecule has 1 unspecified atom stereocenters. The molecule has 229 valence electrons. The van der Waals surface area contributed by atoms with E-state index in [4.69, 9.17) is 0 Å². The summed E-state index contributed by atoms with van der Waals surface area (Å²) < 4.78 is 0. The van der Waals surface area contributed by atoms with Gasteiger partial charge in [-0.15, -0.1) is 71.3 Å². The molecule has 0 amide bonds. The van der Waals surface area contributed by atoms with Crippen LogP contribution < -0.4 is 0 Å². The van der Waals surface area contributed by atoms with E-state index in [-0.39, 0.29) is 20.1 Å². The largest absolute Gasteiger partial charge is 0.305 e. The van der Waals surface area contributed by atoms with Gasteiger partial charge in [0.1, 0.15) is 0 Å². The van der Waals surface area contributed by atoms with Crippen molar-refractivity contribution in [2.75, 3.05) is 0 Å². The standard InChI is InChI=1S/C22H22N.C19H22N.Ir/c1-16(2)19-12-13-23-22(15-19)21-11-7-10-20(14-21)17(3)18-8-5-4-6-9-18;1-15-14-20-19(17-10-6-3-7-11-17)13-18(15)12-16-8-4-2-5-9-16;/h4-10,12-17H,1-3H3;3,6-7,10,13-14,16H,2,4-5,8-9,12H2,1H3;/q2*-1;. The molecule has 0 aliphatic heterocycles. The van der Waals surface area contributed by atoms with E-state index in [1.165, 1.54) is 66.3 Å². The van der Waals surface area contributed by atoms with Gasteiger partial charge < -0.3 is 9.97 Å². The van der Waals surface area contributed by atoms with Crippen LogP contribution >= 0.6 is 0 Å². The molecule has 2 nitrogen and oxygen atoms in total. The first kappa shape index (κ1) is 33.5. The Morgan fingerprint density at radius 3 is 2.16 bits per heavy atom. The summed E-state index contributed by atoms with van der Waals surface area (Å²) in [5.41, 5.74) is 10.9. The molecular formula is C41H44IrN2-2. The van der Waals surface area contributed by atoms with Crippen LogP contribution in [0.1, 0.15) is 92.5 Å². The van der Waals surface area contributed by atoms with Gasteiger partial charge in [-0.2, -0.15) is 0 Å². The number of benzene rings is 3. The predicted octanol–water partition coefficient (Wildman–Crippen LogP) is 10.8. The third-order valence-electron chi connectivity index (χ3n) is 8.78. The second-order valence-electron chi connectivity index (χ2n) is 12.3. The Balaban J connectivity index is 0.000000198. The summed E-state index contributed by atoms with van der Waals surface area (Å²) in [5.74, 6) is 1.73. The molecule has 0 spiro atoms. The zero-order chi connectivity index (χ0) is 30.0. The van der Waals surface area contributed by atoms with E-state index in [9.17, 15) is 0 Å². The Morgan fingerprint density at radius 2 is 1.43 bits per heavy atom.